The van der Waals surface area contributed by atoms with Crippen LogP contribution in [0.15, 0.2) is 35.7 Å². The lowest BCUT2D eigenvalue weighted by Gasteiger charge is -2.21. The summed E-state index contributed by atoms with van der Waals surface area (Å²) in [5.41, 5.74) is 4.14. The minimum Gasteiger partial charge on any atom is -0.493 e. The standard InChI is InChI=1S/C14H15ClN2OS/c15-11-5-6-19-14(11)7-12(17-16)10-8-18-13-4-2-1-3-9(10)13/h1-6,10,12,17H,7-8,16H2. The zero-order valence-corrected chi connectivity index (χ0v) is 11.9. The fraction of sp³-hybridized carbons (Fsp3) is 0.286. The molecule has 0 saturated carbocycles. The number of fused-ring (bicyclic) bond motifs is 1. The summed E-state index contributed by atoms with van der Waals surface area (Å²) in [6.45, 7) is 0.664. The highest BCUT2D eigenvalue weighted by molar-refractivity contribution is 7.10. The molecule has 0 aliphatic carbocycles. The Bertz CT molecular complexity index is 572. The van der Waals surface area contributed by atoms with E-state index in [4.69, 9.17) is 22.2 Å². The van der Waals surface area contributed by atoms with Gasteiger partial charge in [-0.05, 0) is 17.5 Å². The smallest absolute Gasteiger partial charge is 0.122 e. The van der Waals surface area contributed by atoms with Crippen molar-refractivity contribution in [3.05, 3.63) is 51.2 Å². The van der Waals surface area contributed by atoms with Gasteiger partial charge in [-0.1, -0.05) is 29.8 Å². The van der Waals surface area contributed by atoms with E-state index in [0.29, 0.717) is 6.61 Å². The number of ether oxygens (including phenoxy) is 1. The molecular formula is C14H15ClN2OS. The Hall–Kier alpha value is -1.07. The van der Waals surface area contributed by atoms with E-state index in [1.165, 1.54) is 5.56 Å². The van der Waals surface area contributed by atoms with Crippen molar-refractivity contribution in [2.24, 2.45) is 5.84 Å². The molecule has 3 N–H and O–H groups in total. The van der Waals surface area contributed by atoms with E-state index in [-0.39, 0.29) is 12.0 Å². The highest BCUT2D eigenvalue weighted by Gasteiger charge is 2.31. The van der Waals surface area contributed by atoms with Crippen LogP contribution < -0.4 is 16.0 Å². The van der Waals surface area contributed by atoms with Crippen molar-refractivity contribution < 1.29 is 4.74 Å². The zero-order chi connectivity index (χ0) is 13.2. The molecule has 1 aromatic heterocycles. The third-order valence-electron chi connectivity index (χ3n) is 3.53. The van der Waals surface area contributed by atoms with Crippen molar-refractivity contribution >= 4 is 22.9 Å². The normalized spacial score (nSPS) is 18.9. The van der Waals surface area contributed by atoms with Crippen LogP contribution in [0.25, 0.3) is 0 Å². The van der Waals surface area contributed by atoms with Crippen molar-refractivity contribution in [2.45, 2.75) is 18.4 Å². The number of hydrogen-bond donors (Lipinski definition) is 2. The van der Waals surface area contributed by atoms with Crippen LogP contribution in [0.1, 0.15) is 16.4 Å². The maximum absolute atomic E-state index is 6.16. The van der Waals surface area contributed by atoms with Gasteiger partial charge in [0.1, 0.15) is 5.75 Å². The maximum atomic E-state index is 6.16. The Balaban J connectivity index is 1.82. The minimum atomic E-state index is 0.125. The van der Waals surface area contributed by atoms with Gasteiger partial charge in [-0.3, -0.25) is 11.3 Å². The topological polar surface area (TPSA) is 47.3 Å². The first kappa shape index (κ1) is 12.9. The zero-order valence-electron chi connectivity index (χ0n) is 10.3. The molecule has 2 heterocycles. The molecule has 3 rings (SSSR count). The summed E-state index contributed by atoms with van der Waals surface area (Å²) in [7, 11) is 0. The van der Waals surface area contributed by atoms with Crippen LogP contribution in [0.3, 0.4) is 0 Å². The number of halogens is 1. The van der Waals surface area contributed by atoms with Crippen molar-refractivity contribution in [2.75, 3.05) is 6.61 Å². The molecular weight excluding hydrogens is 280 g/mol. The molecule has 0 spiro atoms. The number of para-hydroxylation sites is 1. The third-order valence-corrected chi connectivity index (χ3v) is 4.94. The Labute approximate surface area is 121 Å². The number of nitrogens with one attached hydrogen (secondary N) is 1. The van der Waals surface area contributed by atoms with Crippen molar-refractivity contribution in [3.63, 3.8) is 0 Å². The van der Waals surface area contributed by atoms with E-state index >= 15 is 0 Å². The average Bonchev–Trinajstić information content (AvgIpc) is 3.03. The molecule has 3 nitrogen and oxygen atoms in total. The molecule has 1 aliphatic rings. The fourth-order valence-electron chi connectivity index (χ4n) is 2.51. The average molecular weight is 295 g/mol. The number of hydrogen-bond acceptors (Lipinski definition) is 4. The molecule has 0 amide bonds. The molecule has 2 atom stereocenters. The van der Waals surface area contributed by atoms with E-state index in [0.717, 1.165) is 22.1 Å². The summed E-state index contributed by atoms with van der Waals surface area (Å²) in [5, 5.41) is 2.82. The van der Waals surface area contributed by atoms with Crippen LogP contribution in [0, 0.1) is 0 Å². The van der Waals surface area contributed by atoms with E-state index < -0.39 is 0 Å². The van der Waals surface area contributed by atoms with Gasteiger partial charge in [-0.25, -0.2) is 0 Å². The van der Waals surface area contributed by atoms with Crippen LogP contribution in [-0.4, -0.2) is 12.6 Å². The van der Waals surface area contributed by atoms with Crippen LogP contribution >= 0.6 is 22.9 Å². The largest absolute Gasteiger partial charge is 0.493 e. The van der Waals surface area contributed by atoms with Gasteiger partial charge in [-0.2, -0.15) is 0 Å². The first-order chi connectivity index (χ1) is 9.29. The lowest BCUT2D eigenvalue weighted by atomic mass is 9.91. The molecule has 0 fully saturated rings. The maximum Gasteiger partial charge on any atom is 0.122 e. The number of nitrogens with two attached hydrogens (primary N) is 1. The van der Waals surface area contributed by atoms with Crippen molar-refractivity contribution in [1.82, 2.24) is 5.43 Å². The highest BCUT2D eigenvalue weighted by atomic mass is 35.5. The van der Waals surface area contributed by atoms with E-state index in [1.54, 1.807) is 11.3 Å². The van der Waals surface area contributed by atoms with Crippen molar-refractivity contribution in [1.29, 1.82) is 0 Å². The van der Waals surface area contributed by atoms with E-state index in [2.05, 4.69) is 11.5 Å². The number of rotatable bonds is 4. The predicted molar refractivity (Wildman–Crippen MR) is 78.8 cm³/mol. The number of thiophene rings is 1. The second kappa shape index (κ2) is 5.51. The summed E-state index contributed by atoms with van der Waals surface area (Å²) in [4.78, 5) is 1.16. The SMILES string of the molecule is NNC(Cc1sccc1Cl)C1COc2ccccc21. The molecule has 0 saturated heterocycles. The molecule has 0 bridgehead atoms. The molecule has 0 radical (unpaired) electrons. The summed E-state index contributed by atoms with van der Waals surface area (Å²) in [6.07, 6.45) is 0.815. The highest BCUT2D eigenvalue weighted by Crippen LogP contribution is 2.37. The molecule has 1 aliphatic heterocycles. The van der Waals surface area contributed by atoms with Crippen LogP contribution in [0.4, 0.5) is 0 Å². The first-order valence-electron chi connectivity index (χ1n) is 6.19. The van der Waals surface area contributed by atoms with Crippen LogP contribution in [-0.2, 0) is 6.42 Å². The first-order valence-corrected chi connectivity index (χ1v) is 7.45. The quantitative estimate of drug-likeness (QED) is 0.673. The second-order valence-corrected chi connectivity index (χ2v) is 6.03. The Morgan fingerprint density at radius 2 is 2.26 bits per heavy atom. The molecule has 2 unspecified atom stereocenters. The van der Waals surface area contributed by atoms with Crippen molar-refractivity contribution in [3.8, 4) is 5.75 Å². The predicted octanol–water partition coefficient (Wildman–Crippen LogP) is 2.95. The van der Waals surface area contributed by atoms with Gasteiger partial charge >= 0.3 is 0 Å². The van der Waals surface area contributed by atoms with Gasteiger partial charge in [0, 0.05) is 28.8 Å². The van der Waals surface area contributed by atoms with Crippen LogP contribution in [0.5, 0.6) is 5.75 Å². The summed E-state index contributed by atoms with van der Waals surface area (Å²) in [6, 6.07) is 10.2. The van der Waals surface area contributed by atoms with Gasteiger partial charge < -0.3 is 4.74 Å². The molecule has 2 aromatic rings. The summed E-state index contributed by atoms with van der Waals surface area (Å²) in [5.74, 6) is 6.96. The van der Waals surface area contributed by atoms with Gasteiger partial charge in [0.05, 0.1) is 11.6 Å². The second-order valence-electron chi connectivity index (χ2n) is 4.62. The summed E-state index contributed by atoms with van der Waals surface area (Å²) < 4.78 is 5.72. The van der Waals surface area contributed by atoms with E-state index in [1.807, 2.05) is 29.6 Å². The van der Waals surface area contributed by atoms with Gasteiger partial charge in [0.25, 0.3) is 0 Å². The summed E-state index contributed by atoms with van der Waals surface area (Å²) >= 11 is 7.82. The van der Waals surface area contributed by atoms with Gasteiger partial charge in [0.15, 0.2) is 0 Å². The lowest BCUT2D eigenvalue weighted by Crippen LogP contribution is -2.41. The van der Waals surface area contributed by atoms with Crippen LogP contribution in [0.2, 0.25) is 5.02 Å². The molecule has 100 valence electrons. The number of hydrazine groups is 1. The minimum absolute atomic E-state index is 0.125. The Morgan fingerprint density at radius 3 is 3.00 bits per heavy atom. The molecule has 5 heteroatoms. The monoisotopic (exact) mass is 294 g/mol. The molecule has 19 heavy (non-hydrogen) atoms. The fourth-order valence-corrected chi connectivity index (χ4v) is 3.68. The number of benzene rings is 1. The van der Waals surface area contributed by atoms with E-state index in [9.17, 15) is 0 Å². The van der Waals surface area contributed by atoms with Gasteiger partial charge in [0.2, 0.25) is 0 Å². The Kier molecular flexibility index (Phi) is 3.75. The lowest BCUT2D eigenvalue weighted by molar-refractivity contribution is 0.298. The van der Waals surface area contributed by atoms with Gasteiger partial charge in [-0.15, -0.1) is 11.3 Å². The molecule has 1 aromatic carbocycles. The third kappa shape index (κ3) is 2.49. The Morgan fingerprint density at radius 1 is 1.42 bits per heavy atom.